The fraction of sp³-hybridized carbons (Fsp3) is 0.125. The standard InChI is InChI=1S/C24H20N4O2/c1-2-30-23(29)20-21(16-10-4-3-5-11-16)27-24-26-17-12-6-7-14-19(17)28(24)22(20)18-13-8-9-15-25-18/h3-15,22H,2H2,1H3,(H,26,27)/t22-/m0/s1. The molecule has 2 aromatic heterocycles. The Morgan fingerprint density at radius 2 is 1.80 bits per heavy atom. The molecule has 4 aromatic rings. The first-order chi connectivity index (χ1) is 14.8. The second-order valence-corrected chi connectivity index (χ2v) is 6.95. The van der Waals surface area contributed by atoms with E-state index >= 15 is 0 Å². The van der Waals surface area contributed by atoms with Crippen molar-refractivity contribution in [3.8, 4) is 0 Å². The van der Waals surface area contributed by atoms with Gasteiger partial charge in [-0.15, -0.1) is 0 Å². The highest BCUT2D eigenvalue weighted by Crippen LogP contribution is 2.41. The average molecular weight is 396 g/mol. The molecule has 0 bridgehead atoms. The molecule has 5 rings (SSSR count). The van der Waals surface area contributed by atoms with E-state index in [1.807, 2.05) is 84.3 Å². The Bertz CT molecular complexity index is 1250. The lowest BCUT2D eigenvalue weighted by Crippen LogP contribution is -2.29. The highest BCUT2D eigenvalue weighted by molar-refractivity contribution is 6.03. The van der Waals surface area contributed by atoms with Crippen LogP contribution >= 0.6 is 0 Å². The Morgan fingerprint density at radius 1 is 1.03 bits per heavy atom. The third kappa shape index (κ3) is 2.93. The summed E-state index contributed by atoms with van der Waals surface area (Å²) in [6.07, 6.45) is 1.74. The Hall–Kier alpha value is -3.93. The molecule has 1 atom stereocenters. The van der Waals surface area contributed by atoms with E-state index < -0.39 is 6.04 Å². The van der Waals surface area contributed by atoms with E-state index in [2.05, 4.69) is 10.3 Å². The number of para-hydroxylation sites is 2. The maximum absolute atomic E-state index is 13.3. The minimum atomic E-state index is -0.468. The normalized spacial score (nSPS) is 15.6. The number of carbonyl (C=O) groups is 1. The van der Waals surface area contributed by atoms with E-state index in [0.29, 0.717) is 17.2 Å². The Labute approximate surface area is 173 Å². The van der Waals surface area contributed by atoms with Crippen molar-refractivity contribution in [3.63, 3.8) is 0 Å². The molecule has 2 aromatic carbocycles. The van der Waals surface area contributed by atoms with Crippen LogP contribution in [0.25, 0.3) is 16.7 Å². The molecule has 0 aliphatic carbocycles. The molecule has 1 aliphatic rings. The summed E-state index contributed by atoms with van der Waals surface area (Å²) >= 11 is 0. The SMILES string of the molecule is CCOC(=O)C1=C(c2ccccc2)Nc2nc3ccccc3n2[C@H]1c1ccccn1. The first kappa shape index (κ1) is 18.1. The summed E-state index contributed by atoms with van der Waals surface area (Å²) in [5, 5.41) is 3.39. The van der Waals surface area contributed by atoms with Gasteiger partial charge in [-0.1, -0.05) is 48.5 Å². The van der Waals surface area contributed by atoms with Crippen LogP contribution in [0.2, 0.25) is 0 Å². The molecule has 0 unspecified atom stereocenters. The molecular formula is C24H20N4O2. The number of fused-ring (bicyclic) bond motifs is 3. The average Bonchev–Trinajstić information content (AvgIpc) is 3.17. The fourth-order valence-corrected chi connectivity index (χ4v) is 3.91. The number of hydrogen-bond donors (Lipinski definition) is 1. The van der Waals surface area contributed by atoms with E-state index in [-0.39, 0.29) is 12.6 Å². The quantitative estimate of drug-likeness (QED) is 0.517. The molecule has 148 valence electrons. The van der Waals surface area contributed by atoms with Crippen LogP contribution < -0.4 is 5.32 Å². The number of imidazole rings is 1. The molecule has 0 amide bonds. The summed E-state index contributed by atoms with van der Waals surface area (Å²) < 4.78 is 7.51. The van der Waals surface area contributed by atoms with Crippen molar-refractivity contribution in [2.24, 2.45) is 0 Å². The van der Waals surface area contributed by atoms with Crippen LogP contribution in [-0.4, -0.2) is 27.1 Å². The van der Waals surface area contributed by atoms with Crippen LogP contribution in [0.15, 0.2) is 84.6 Å². The lowest BCUT2D eigenvalue weighted by molar-refractivity contribution is -0.138. The van der Waals surface area contributed by atoms with Crippen LogP contribution in [0.5, 0.6) is 0 Å². The number of aromatic nitrogens is 3. The van der Waals surface area contributed by atoms with Crippen LogP contribution in [-0.2, 0) is 9.53 Å². The summed E-state index contributed by atoms with van der Waals surface area (Å²) in [5.41, 5.74) is 4.60. The molecule has 0 fully saturated rings. The van der Waals surface area contributed by atoms with Crippen LogP contribution in [0.1, 0.15) is 24.2 Å². The molecule has 0 saturated heterocycles. The van der Waals surface area contributed by atoms with Gasteiger partial charge in [0, 0.05) is 6.20 Å². The van der Waals surface area contributed by atoms with Gasteiger partial charge in [0.2, 0.25) is 5.95 Å². The van der Waals surface area contributed by atoms with Crippen LogP contribution in [0, 0.1) is 0 Å². The number of pyridine rings is 1. The molecule has 1 N–H and O–H groups in total. The molecule has 6 heteroatoms. The van der Waals surface area contributed by atoms with Gasteiger partial charge in [0.25, 0.3) is 0 Å². The van der Waals surface area contributed by atoms with Crippen molar-refractivity contribution in [2.75, 3.05) is 11.9 Å². The minimum absolute atomic E-state index is 0.289. The zero-order valence-corrected chi connectivity index (χ0v) is 16.4. The number of nitrogens with one attached hydrogen (secondary N) is 1. The third-order valence-corrected chi connectivity index (χ3v) is 5.16. The molecule has 3 heterocycles. The second kappa shape index (κ2) is 7.48. The number of esters is 1. The summed E-state index contributed by atoms with van der Waals surface area (Å²) in [4.78, 5) is 22.6. The summed E-state index contributed by atoms with van der Waals surface area (Å²) in [5.74, 6) is 0.293. The van der Waals surface area contributed by atoms with Crippen LogP contribution in [0.3, 0.4) is 0 Å². The number of anilines is 1. The van der Waals surface area contributed by atoms with Gasteiger partial charge in [0.05, 0.1) is 34.6 Å². The first-order valence-electron chi connectivity index (χ1n) is 9.89. The number of benzene rings is 2. The van der Waals surface area contributed by atoms with Gasteiger partial charge in [-0.25, -0.2) is 9.78 Å². The highest BCUT2D eigenvalue weighted by Gasteiger charge is 2.37. The van der Waals surface area contributed by atoms with Crippen molar-refractivity contribution in [3.05, 3.63) is 95.8 Å². The van der Waals surface area contributed by atoms with E-state index in [4.69, 9.17) is 9.72 Å². The van der Waals surface area contributed by atoms with Crippen molar-refractivity contribution in [2.45, 2.75) is 13.0 Å². The number of rotatable bonds is 4. The van der Waals surface area contributed by atoms with E-state index in [1.165, 1.54) is 0 Å². The summed E-state index contributed by atoms with van der Waals surface area (Å²) in [6.45, 7) is 2.10. The molecule has 6 nitrogen and oxygen atoms in total. The topological polar surface area (TPSA) is 69.0 Å². The zero-order chi connectivity index (χ0) is 20.5. The Balaban J connectivity index is 1.83. The summed E-state index contributed by atoms with van der Waals surface area (Å²) in [7, 11) is 0. The number of ether oxygens (including phenoxy) is 1. The lowest BCUT2D eigenvalue weighted by Gasteiger charge is -2.30. The maximum Gasteiger partial charge on any atom is 0.338 e. The third-order valence-electron chi connectivity index (χ3n) is 5.16. The molecule has 0 radical (unpaired) electrons. The maximum atomic E-state index is 13.3. The van der Waals surface area contributed by atoms with Gasteiger partial charge in [0.15, 0.2) is 0 Å². The molecule has 0 saturated carbocycles. The van der Waals surface area contributed by atoms with Crippen molar-refractivity contribution >= 4 is 28.6 Å². The van der Waals surface area contributed by atoms with E-state index in [1.54, 1.807) is 6.20 Å². The smallest absolute Gasteiger partial charge is 0.338 e. The Morgan fingerprint density at radius 3 is 2.57 bits per heavy atom. The van der Waals surface area contributed by atoms with E-state index in [9.17, 15) is 4.79 Å². The second-order valence-electron chi connectivity index (χ2n) is 6.95. The molecule has 30 heavy (non-hydrogen) atoms. The van der Waals surface area contributed by atoms with Gasteiger partial charge in [-0.2, -0.15) is 0 Å². The predicted molar refractivity (Wildman–Crippen MR) is 116 cm³/mol. The number of hydrogen-bond acceptors (Lipinski definition) is 5. The fourth-order valence-electron chi connectivity index (χ4n) is 3.91. The molecule has 0 spiro atoms. The van der Waals surface area contributed by atoms with Crippen molar-refractivity contribution in [1.82, 2.24) is 14.5 Å². The number of nitrogens with zero attached hydrogens (tertiary/aromatic N) is 3. The monoisotopic (exact) mass is 396 g/mol. The van der Waals surface area contributed by atoms with Gasteiger partial charge < -0.3 is 10.1 Å². The van der Waals surface area contributed by atoms with Gasteiger partial charge in [-0.3, -0.25) is 9.55 Å². The lowest BCUT2D eigenvalue weighted by atomic mass is 9.95. The van der Waals surface area contributed by atoms with Gasteiger partial charge >= 0.3 is 5.97 Å². The number of carbonyl (C=O) groups excluding carboxylic acids is 1. The highest BCUT2D eigenvalue weighted by atomic mass is 16.5. The molecule has 1 aliphatic heterocycles. The largest absolute Gasteiger partial charge is 0.463 e. The van der Waals surface area contributed by atoms with Gasteiger partial charge in [0.1, 0.15) is 6.04 Å². The van der Waals surface area contributed by atoms with Gasteiger partial charge in [-0.05, 0) is 36.8 Å². The summed E-state index contributed by atoms with van der Waals surface area (Å²) in [6, 6.07) is 22.9. The van der Waals surface area contributed by atoms with Crippen molar-refractivity contribution < 1.29 is 9.53 Å². The molecular weight excluding hydrogens is 376 g/mol. The van der Waals surface area contributed by atoms with E-state index in [0.717, 1.165) is 22.3 Å². The van der Waals surface area contributed by atoms with Crippen molar-refractivity contribution in [1.29, 1.82) is 0 Å². The first-order valence-corrected chi connectivity index (χ1v) is 9.89. The predicted octanol–water partition coefficient (Wildman–Crippen LogP) is 4.42. The zero-order valence-electron chi connectivity index (χ0n) is 16.4. The van der Waals surface area contributed by atoms with Crippen LogP contribution in [0.4, 0.5) is 5.95 Å². The Kier molecular flexibility index (Phi) is 4.52. The minimum Gasteiger partial charge on any atom is -0.463 e.